The van der Waals surface area contributed by atoms with Gasteiger partial charge in [0, 0.05) is 12.1 Å². The number of carbonyl (C=O) groups is 1. The average molecular weight is 414 g/mol. The van der Waals surface area contributed by atoms with Crippen LogP contribution in [0.3, 0.4) is 0 Å². The summed E-state index contributed by atoms with van der Waals surface area (Å²) in [5.74, 6) is -0.255. The molecule has 0 aliphatic heterocycles. The number of fused-ring (bicyclic) bond motifs is 1. The summed E-state index contributed by atoms with van der Waals surface area (Å²) >= 11 is 14.6. The Morgan fingerprint density at radius 2 is 2.12 bits per heavy atom. The summed E-state index contributed by atoms with van der Waals surface area (Å²) in [6, 6.07) is 6.60. The lowest BCUT2D eigenvalue weighted by Gasteiger charge is -2.14. The van der Waals surface area contributed by atoms with E-state index in [1.807, 2.05) is 5.38 Å². The third-order valence-electron chi connectivity index (χ3n) is 3.50. The van der Waals surface area contributed by atoms with Gasteiger partial charge in [-0.2, -0.15) is 0 Å². The Labute approximate surface area is 162 Å². The van der Waals surface area contributed by atoms with Gasteiger partial charge in [0.1, 0.15) is 4.83 Å². The van der Waals surface area contributed by atoms with Crippen LogP contribution in [0.4, 0.5) is 5.69 Å². The molecule has 0 aliphatic rings. The standard InChI is InChI=1S/C16H13Cl2N3O2S2/c1-8(13(22)19-12-7-9(17)3-4-11(12)18)25-16-20-14-10(5-6-24-14)15(23)21(16)2/h3-8H,1-2H3,(H,19,22). The van der Waals surface area contributed by atoms with E-state index in [0.29, 0.717) is 31.1 Å². The second kappa shape index (κ2) is 7.37. The first-order chi connectivity index (χ1) is 11.9. The van der Waals surface area contributed by atoms with Crippen molar-refractivity contribution in [2.75, 3.05) is 5.32 Å². The van der Waals surface area contributed by atoms with Crippen molar-refractivity contribution in [2.45, 2.75) is 17.3 Å². The van der Waals surface area contributed by atoms with E-state index in [4.69, 9.17) is 23.2 Å². The maximum Gasteiger partial charge on any atom is 0.262 e. The molecule has 25 heavy (non-hydrogen) atoms. The Morgan fingerprint density at radius 3 is 2.88 bits per heavy atom. The van der Waals surface area contributed by atoms with Crippen LogP contribution in [0.5, 0.6) is 0 Å². The molecule has 0 radical (unpaired) electrons. The van der Waals surface area contributed by atoms with E-state index in [9.17, 15) is 9.59 Å². The fourth-order valence-electron chi connectivity index (χ4n) is 2.12. The molecule has 1 aromatic carbocycles. The second-order valence-electron chi connectivity index (χ2n) is 5.27. The Bertz CT molecular complexity index is 1020. The molecule has 0 saturated carbocycles. The number of thiophene rings is 1. The van der Waals surface area contributed by atoms with Gasteiger partial charge in [-0.15, -0.1) is 11.3 Å². The molecular formula is C16H13Cl2N3O2S2. The minimum absolute atomic E-state index is 0.126. The lowest BCUT2D eigenvalue weighted by atomic mass is 10.3. The molecule has 3 rings (SSSR count). The molecule has 0 aliphatic carbocycles. The number of rotatable bonds is 4. The topological polar surface area (TPSA) is 64.0 Å². The van der Waals surface area contributed by atoms with E-state index in [1.54, 1.807) is 38.2 Å². The fourth-order valence-corrected chi connectivity index (χ4v) is 4.14. The van der Waals surface area contributed by atoms with Crippen LogP contribution >= 0.6 is 46.3 Å². The van der Waals surface area contributed by atoms with Gasteiger partial charge in [0.15, 0.2) is 5.16 Å². The van der Waals surface area contributed by atoms with Gasteiger partial charge in [0.25, 0.3) is 5.56 Å². The quantitative estimate of drug-likeness (QED) is 0.507. The number of hydrogen-bond donors (Lipinski definition) is 1. The molecule has 1 atom stereocenters. The summed E-state index contributed by atoms with van der Waals surface area (Å²) in [4.78, 5) is 29.9. The average Bonchev–Trinajstić information content (AvgIpc) is 3.04. The van der Waals surface area contributed by atoms with Crippen molar-refractivity contribution < 1.29 is 4.79 Å². The highest BCUT2D eigenvalue weighted by Gasteiger charge is 2.19. The van der Waals surface area contributed by atoms with Gasteiger partial charge in [0.2, 0.25) is 5.91 Å². The molecule has 9 heteroatoms. The van der Waals surface area contributed by atoms with Crippen LogP contribution in [0.1, 0.15) is 6.92 Å². The number of carbonyl (C=O) groups excluding carboxylic acids is 1. The summed E-state index contributed by atoms with van der Waals surface area (Å²) in [5, 5.41) is 6.04. The van der Waals surface area contributed by atoms with Gasteiger partial charge < -0.3 is 5.32 Å². The summed E-state index contributed by atoms with van der Waals surface area (Å²) in [7, 11) is 1.65. The minimum atomic E-state index is -0.481. The van der Waals surface area contributed by atoms with Crippen molar-refractivity contribution in [1.82, 2.24) is 9.55 Å². The van der Waals surface area contributed by atoms with Crippen molar-refractivity contribution in [1.29, 1.82) is 0 Å². The predicted molar refractivity (Wildman–Crippen MR) is 105 cm³/mol. The number of aromatic nitrogens is 2. The molecule has 130 valence electrons. The first kappa shape index (κ1) is 18.3. The molecule has 3 aromatic rings. The molecule has 1 amide bonds. The number of anilines is 1. The zero-order valence-corrected chi connectivity index (χ0v) is 16.4. The van der Waals surface area contributed by atoms with E-state index in [-0.39, 0.29) is 11.5 Å². The van der Waals surface area contributed by atoms with Crippen molar-refractivity contribution in [3.05, 3.63) is 50.0 Å². The van der Waals surface area contributed by atoms with E-state index >= 15 is 0 Å². The molecular weight excluding hydrogens is 401 g/mol. The van der Waals surface area contributed by atoms with E-state index < -0.39 is 5.25 Å². The number of benzene rings is 1. The highest BCUT2D eigenvalue weighted by atomic mass is 35.5. The second-order valence-corrected chi connectivity index (χ2v) is 8.32. The van der Waals surface area contributed by atoms with Crippen LogP contribution in [0, 0.1) is 0 Å². The van der Waals surface area contributed by atoms with Gasteiger partial charge in [-0.25, -0.2) is 4.98 Å². The molecule has 2 heterocycles. The highest BCUT2D eigenvalue weighted by molar-refractivity contribution is 8.00. The maximum absolute atomic E-state index is 12.4. The van der Waals surface area contributed by atoms with Gasteiger partial charge in [0.05, 0.1) is 21.3 Å². The maximum atomic E-state index is 12.4. The van der Waals surface area contributed by atoms with Crippen LogP contribution in [0.15, 0.2) is 39.6 Å². The monoisotopic (exact) mass is 413 g/mol. The molecule has 0 spiro atoms. The van der Waals surface area contributed by atoms with Crippen LogP contribution in [-0.4, -0.2) is 20.7 Å². The Morgan fingerprint density at radius 1 is 1.36 bits per heavy atom. The largest absolute Gasteiger partial charge is 0.324 e. The number of amides is 1. The third kappa shape index (κ3) is 3.84. The van der Waals surface area contributed by atoms with Crippen molar-refractivity contribution in [3.8, 4) is 0 Å². The summed E-state index contributed by atoms with van der Waals surface area (Å²) < 4.78 is 1.45. The molecule has 2 aromatic heterocycles. The van der Waals surface area contributed by atoms with Gasteiger partial charge >= 0.3 is 0 Å². The predicted octanol–water partition coefficient (Wildman–Crippen LogP) is 4.42. The lowest BCUT2D eigenvalue weighted by Crippen LogP contribution is -2.25. The van der Waals surface area contributed by atoms with Gasteiger partial charge in [-0.3, -0.25) is 14.2 Å². The Kier molecular flexibility index (Phi) is 5.38. The normalized spacial score (nSPS) is 12.3. The minimum Gasteiger partial charge on any atom is -0.324 e. The first-order valence-electron chi connectivity index (χ1n) is 7.23. The number of halogens is 2. The SMILES string of the molecule is CC(Sc1nc2sccc2c(=O)n1C)C(=O)Nc1cc(Cl)ccc1Cl. The van der Waals surface area contributed by atoms with E-state index in [2.05, 4.69) is 10.3 Å². The zero-order valence-electron chi connectivity index (χ0n) is 13.2. The molecule has 5 nitrogen and oxygen atoms in total. The molecule has 0 fully saturated rings. The zero-order chi connectivity index (χ0) is 18.1. The smallest absolute Gasteiger partial charge is 0.262 e. The highest BCUT2D eigenvalue weighted by Crippen LogP contribution is 2.28. The molecule has 1 N–H and O–H groups in total. The summed E-state index contributed by atoms with van der Waals surface area (Å²) in [6.45, 7) is 1.74. The van der Waals surface area contributed by atoms with Crippen LogP contribution in [0.25, 0.3) is 10.2 Å². The number of nitrogens with zero attached hydrogens (tertiary/aromatic N) is 2. The van der Waals surface area contributed by atoms with Gasteiger partial charge in [-0.1, -0.05) is 35.0 Å². The summed E-state index contributed by atoms with van der Waals surface area (Å²) in [6.07, 6.45) is 0. The van der Waals surface area contributed by atoms with Crippen LogP contribution in [0.2, 0.25) is 10.0 Å². The lowest BCUT2D eigenvalue weighted by molar-refractivity contribution is -0.115. The molecule has 0 saturated heterocycles. The third-order valence-corrected chi connectivity index (χ3v) is 6.02. The first-order valence-corrected chi connectivity index (χ1v) is 9.75. The van der Waals surface area contributed by atoms with Crippen LogP contribution in [-0.2, 0) is 11.8 Å². The molecule has 0 bridgehead atoms. The number of thioether (sulfide) groups is 1. The van der Waals surface area contributed by atoms with Crippen molar-refractivity contribution in [2.24, 2.45) is 7.05 Å². The number of hydrogen-bond acceptors (Lipinski definition) is 5. The van der Waals surface area contributed by atoms with Gasteiger partial charge in [-0.05, 0) is 36.6 Å². The van der Waals surface area contributed by atoms with Crippen molar-refractivity contribution in [3.63, 3.8) is 0 Å². The van der Waals surface area contributed by atoms with Crippen LogP contribution < -0.4 is 10.9 Å². The number of nitrogens with one attached hydrogen (secondary N) is 1. The Balaban J connectivity index is 1.81. The van der Waals surface area contributed by atoms with E-state index in [1.165, 1.54) is 27.7 Å². The summed E-state index contributed by atoms with van der Waals surface area (Å²) in [5.41, 5.74) is 0.321. The fraction of sp³-hybridized carbons (Fsp3) is 0.188. The van der Waals surface area contributed by atoms with E-state index in [0.717, 1.165) is 0 Å². The van der Waals surface area contributed by atoms with Crippen molar-refractivity contribution >= 4 is 68.1 Å². The Hall–Kier alpha value is -1.54. The molecule has 1 unspecified atom stereocenters.